The quantitative estimate of drug-likeness (QED) is 0.590. The molecular formula is C28H29FN6O2. The smallest absolute Gasteiger partial charge is 0.191 e. The maximum Gasteiger partial charge on any atom is 0.191 e. The number of benzene rings is 2. The summed E-state index contributed by atoms with van der Waals surface area (Å²) in [4.78, 5) is 8.87. The van der Waals surface area contributed by atoms with Gasteiger partial charge in [0.2, 0.25) is 0 Å². The molecule has 7 rings (SSSR count). The van der Waals surface area contributed by atoms with Gasteiger partial charge in [0.25, 0.3) is 0 Å². The molecule has 0 amide bonds. The summed E-state index contributed by atoms with van der Waals surface area (Å²) in [5, 5.41) is 4.73. The van der Waals surface area contributed by atoms with Gasteiger partial charge in [-0.2, -0.15) is 5.10 Å². The van der Waals surface area contributed by atoms with E-state index in [1.54, 1.807) is 25.6 Å². The van der Waals surface area contributed by atoms with Gasteiger partial charge < -0.3 is 29.3 Å². The number of nitrogens with zero attached hydrogens (tertiary/aromatic N) is 5. The van der Waals surface area contributed by atoms with E-state index in [0.29, 0.717) is 6.54 Å². The number of hydrogen-bond acceptors (Lipinski definition) is 7. The lowest BCUT2D eigenvalue weighted by atomic mass is 9.87. The van der Waals surface area contributed by atoms with E-state index < -0.39 is 0 Å². The van der Waals surface area contributed by atoms with Crippen LogP contribution in [0.4, 0.5) is 10.1 Å². The topological polar surface area (TPSA) is 67.2 Å². The highest BCUT2D eigenvalue weighted by Gasteiger charge is 2.59. The number of likely N-dealkylation sites (N-methyl/N-ethyl adjacent to an activating group) is 1. The zero-order chi connectivity index (χ0) is 25.4. The summed E-state index contributed by atoms with van der Waals surface area (Å²) in [5.74, 6) is 2.04. The van der Waals surface area contributed by atoms with Crippen molar-refractivity contribution in [2.45, 2.75) is 30.9 Å². The number of aryl methyl sites for hydroxylation is 1. The van der Waals surface area contributed by atoms with Crippen LogP contribution in [0.15, 0.2) is 59.8 Å². The molecule has 1 aliphatic carbocycles. The zero-order valence-electron chi connectivity index (χ0n) is 21.2. The summed E-state index contributed by atoms with van der Waals surface area (Å²) in [6, 6.07) is 11.2. The van der Waals surface area contributed by atoms with Gasteiger partial charge in [-0.05, 0) is 55.7 Å². The molecule has 190 valence electrons. The van der Waals surface area contributed by atoms with Crippen LogP contribution in [0.1, 0.15) is 29.7 Å². The summed E-state index contributed by atoms with van der Waals surface area (Å²) in [7, 11) is 3.70. The van der Waals surface area contributed by atoms with Crippen molar-refractivity contribution in [3.8, 4) is 11.4 Å². The number of hydrogen-bond donors (Lipinski definition) is 1. The molecule has 3 aliphatic heterocycles. The van der Waals surface area contributed by atoms with Crippen molar-refractivity contribution in [3.05, 3.63) is 77.3 Å². The van der Waals surface area contributed by atoms with Crippen molar-refractivity contribution in [1.29, 1.82) is 0 Å². The van der Waals surface area contributed by atoms with Gasteiger partial charge in [-0.25, -0.2) is 9.37 Å². The van der Waals surface area contributed by atoms with Crippen molar-refractivity contribution in [2.75, 3.05) is 38.7 Å². The monoisotopic (exact) mass is 500 g/mol. The van der Waals surface area contributed by atoms with Gasteiger partial charge in [0.1, 0.15) is 22.7 Å². The second-order valence-corrected chi connectivity index (χ2v) is 10.6. The Morgan fingerprint density at radius 2 is 2.00 bits per heavy atom. The highest BCUT2D eigenvalue weighted by Crippen LogP contribution is 2.52. The Morgan fingerprint density at radius 1 is 1.14 bits per heavy atom. The summed E-state index contributed by atoms with van der Waals surface area (Å²) < 4.78 is 28.4. The first kappa shape index (κ1) is 22.2. The molecular weight excluding hydrogens is 471 g/mol. The number of aromatic nitrogens is 2. The second kappa shape index (κ2) is 7.74. The number of fused-ring (bicyclic) bond motifs is 4. The van der Waals surface area contributed by atoms with E-state index in [1.807, 2.05) is 49.0 Å². The first-order valence-electron chi connectivity index (χ1n) is 12.6. The highest BCUT2D eigenvalue weighted by molar-refractivity contribution is 6.02. The van der Waals surface area contributed by atoms with Crippen LogP contribution >= 0.6 is 0 Å². The number of methoxy groups -OCH3 is 1. The van der Waals surface area contributed by atoms with Gasteiger partial charge in [-0.3, -0.25) is 0 Å². The van der Waals surface area contributed by atoms with Crippen LogP contribution in [0.5, 0.6) is 5.75 Å². The Labute approximate surface area is 215 Å². The largest absolute Gasteiger partial charge is 0.495 e. The van der Waals surface area contributed by atoms with E-state index >= 15 is 0 Å². The molecule has 4 heterocycles. The second-order valence-electron chi connectivity index (χ2n) is 10.6. The third-order valence-electron chi connectivity index (χ3n) is 7.99. The number of halogens is 1. The first-order chi connectivity index (χ1) is 17.9. The van der Waals surface area contributed by atoms with Crippen LogP contribution in [0, 0.1) is 12.7 Å². The fourth-order valence-corrected chi connectivity index (χ4v) is 5.97. The van der Waals surface area contributed by atoms with Crippen LogP contribution in [0.25, 0.3) is 11.8 Å². The number of ether oxygens (including phenoxy) is 2. The Hall–Kier alpha value is -4.01. The molecule has 1 saturated carbocycles. The van der Waals surface area contributed by atoms with Crippen LogP contribution in [0.3, 0.4) is 0 Å². The first-order valence-corrected chi connectivity index (χ1v) is 12.6. The number of anilines is 1. The number of hydrazone groups is 1. The van der Waals surface area contributed by atoms with Crippen molar-refractivity contribution in [2.24, 2.45) is 5.10 Å². The predicted octanol–water partition coefficient (Wildman–Crippen LogP) is 3.80. The Bertz CT molecular complexity index is 1480. The molecule has 8 nitrogen and oxygen atoms in total. The van der Waals surface area contributed by atoms with Gasteiger partial charge in [0.15, 0.2) is 11.6 Å². The van der Waals surface area contributed by atoms with Gasteiger partial charge in [0, 0.05) is 31.0 Å². The fraction of sp³-hybridized carbons (Fsp3) is 0.357. The molecule has 1 saturated heterocycles. The van der Waals surface area contributed by atoms with E-state index in [-0.39, 0.29) is 17.0 Å². The normalized spacial score (nSPS) is 24.0. The summed E-state index contributed by atoms with van der Waals surface area (Å²) in [6.45, 7) is 4.12. The summed E-state index contributed by atoms with van der Waals surface area (Å²) in [5.41, 5.74) is 7.59. The number of rotatable bonds is 3. The molecule has 2 aromatic carbocycles. The maximum atomic E-state index is 14.1. The number of imidazole rings is 1. The summed E-state index contributed by atoms with van der Waals surface area (Å²) in [6.07, 6.45) is 7.81. The molecule has 0 radical (unpaired) electrons. The molecule has 4 aliphatic rings. The number of morpholine rings is 1. The molecule has 0 bridgehead atoms. The minimum Gasteiger partial charge on any atom is -0.495 e. The van der Waals surface area contributed by atoms with Crippen LogP contribution in [-0.4, -0.2) is 59.7 Å². The molecule has 2 fully saturated rings. The van der Waals surface area contributed by atoms with Gasteiger partial charge >= 0.3 is 0 Å². The Balaban J connectivity index is 1.29. The van der Waals surface area contributed by atoms with Gasteiger partial charge in [-0.1, -0.05) is 12.1 Å². The van der Waals surface area contributed by atoms with Crippen LogP contribution < -0.4 is 15.1 Å². The van der Waals surface area contributed by atoms with E-state index in [4.69, 9.17) is 14.6 Å². The van der Waals surface area contributed by atoms with E-state index in [9.17, 15) is 4.39 Å². The molecule has 2 spiro atoms. The van der Waals surface area contributed by atoms with E-state index in [0.717, 1.165) is 71.5 Å². The zero-order valence-corrected chi connectivity index (χ0v) is 21.2. The van der Waals surface area contributed by atoms with Crippen LogP contribution in [-0.2, 0) is 10.3 Å². The molecule has 9 heteroatoms. The predicted molar refractivity (Wildman–Crippen MR) is 139 cm³/mol. The standard InChI is InChI=1S/C28H29FN6O2/c1-18-13-34(17-30-18)22-7-4-19(10-24(22)36-3)11-25-26-32-31-14-28(35(26)15-27(37-25)8-9-27)16-33(2)23-12-20(29)5-6-21(23)28/h4-7,10-13,17,31H,8-9,14-16H2,1-3H3/b25-11-. The van der Waals surface area contributed by atoms with Gasteiger partial charge in [0.05, 0.1) is 37.9 Å². The molecule has 1 aromatic heterocycles. The van der Waals surface area contributed by atoms with Crippen LogP contribution in [0.2, 0.25) is 0 Å². The lowest BCUT2D eigenvalue weighted by Gasteiger charge is -2.50. The third-order valence-corrected chi connectivity index (χ3v) is 7.99. The maximum absolute atomic E-state index is 14.1. The molecule has 3 aromatic rings. The Morgan fingerprint density at radius 3 is 2.76 bits per heavy atom. The number of nitrogens with one attached hydrogen (secondary N) is 1. The SMILES string of the molecule is COc1cc(/C=C2\OC3(CC3)CN3C2=NNCC32CN(C)c3cc(F)ccc32)ccc1-n1cnc(C)c1. The third kappa shape index (κ3) is 3.40. The lowest BCUT2D eigenvalue weighted by molar-refractivity contribution is 0.0157. The minimum atomic E-state index is -0.353. The highest BCUT2D eigenvalue weighted by atomic mass is 19.1. The minimum absolute atomic E-state index is 0.213. The number of amidine groups is 1. The van der Waals surface area contributed by atoms with Crippen molar-refractivity contribution in [3.63, 3.8) is 0 Å². The summed E-state index contributed by atoms with van der Waals surface area (Å²) >= 11 is 0. The molecule has 37 heavy (non-hydrogen) atoms. The van der Waals surface area contributed by atoms with E-state index in [2.05, 4.69) is 26.3 Å². The van der Waals surface area contributed by atoms with Crippen molar-refractivity contribution >= 4 is 17.6 Å². The average Bonchev–Trinajstić information content (AvgIpc) is 3.38. The fourth-order valence-electron chi connectivity index (χ4n) is 5.97. The van der Waals surface area contributed by atoms with Gasteiger partial charge in [-0.15, -0.1) is 0 Å². The van der Waals surface area contributed by atoms with Crippen molar-refractivity contribution < 1.29 is 13.9 Å². The lowest BCUT2D eigenvalue weighted by Crippen LogP contribution is -2.64. The molecule has 1 atom stereocenters. The molecule has 1 N–H and O–H groups in total. The average molecular weight is 501 g/mol. The molecule has 1 unspecified atom stereocenters. The Kier molecular flexibility index (Phi) is 4.65. The van der Waals surface area contributed by atoms with E-state index in [1.165, 1.54) is 0 Å². The van der Waals surface area contributed by atoms with Crippen molar-refractivity contribution in [1.82, 2.24) is 19.9 Å².